The topological polar surface area (TPSA) is 55.6 Å². The third-order valence-electron chi connectivity index (χ3n) is 3.16. The molecule has 0 radical (unpaired) electrons. The molecule has 0 aromatic heterocycles. The molecule has 1 amide bonds. The minimum atomic E-state index is -0.859. The standard InChI is InChI=1S/C14H19ClN2O2/c1-14(2,16)13(18)17-7-8-19-12(9-17)10-5-3-4-6-11(10)15/h3-6,12H,7-9,16H2,1-2H3. The predicted molar refractivity (Wildman–Crippen MR) is 75.0 cm³/mol. The average Bonchev–Trinajstić information content (AvgIpc) is 2.37. The molecule has 1 aliphatic heterocycles. The van der Waals surface area contributed by atoms with E-state index in [1.54, 1.807) is 18.7 Å². The molecule has 1 aromatic rings. The molecule has 1 atom stereocenters. The van der Waals surface area contributed by atoms with Gasteiger partial charge in [-0.3, -0.25) is 4.79 Å². The van der Waals surface area contributed by atoms with Gasteiger partial charge in [-0.15, -0.1) is 0 Å². The van der Waals surface area contributed by atoms with Crippen molar-refractivity contribution in [1.29, 1.82) is 0 Å². The molecule has 1 fully saturated rings. The maximum absolute atomic E-state index is 12.2. The van der Waals surface area contributed by atoms with Crippen LogP contribution in [0.5, 0.6) is 0 Å². The quantitative estimate of drug-likeness (QED) is 0.902. The van der Waals surface area contributed by atoms with E-state index in [0.29, 0.717) is 24.7 Å². The summed E-state index contributed by atoms with van der Waals surface area (Å²) in [4.78, 5) is 13.9. The van der Waals surface area contributed by atoms with Crippen LogP contribution in [-0.2, 0) is 9.53 Å². The fraction of sp³-hybridized carbons (Fsp3) is 0.500. The number of rotatable bonds is 2. The molecule has 0 aliphatic carbocycles. The second kappa shape index (κ2) is 5.49. The van der Waals surface area contributed by atoms with E-state index in [1.165, 1.54) is 0 Å². The number of hydrogen-bond acceptors (Lipinski definition) is 3. The van der Waals surface area contributed by atoms with Crippen LogP contribution in [0.25, 0.3) is 0 Å². The largest absolute Gasteiger partial charge is 0.370 e. The van der Waals surface area contributed by atoms with Gasteiger partial charge in [-0.1, -0.05) is 29.8 Å². The first kappa shape index (κ1) is 14.3. The molecule has 1 heterocycles. The van der Waals surface area contributed by atoms with Crippen molar-refractivity contribution in [3.8, 4) is 0 Å². The highest BCUT2D eigenvalue weighted by Gasteiger charge is 2.32. The number of carbonyl (C=O) groups is 1. The van der Waals surface area contributed by atoms with E-state index in [1.807, 2.05) is 24.3 Å². The number of benzene rings is 1. The van der Waals surface area contributed by atoms with Crippen LogP contribution < -0.4 is 5.73 Å². The minimum absolute atomic E-state index is 0.0622. The molecule has 1 aromatic carbocycles. The zero-order chi connectivity index (χ0) is 14.0. The van der Waals surface area contributed by atoms with Crippen molar-refractivity contribution >= 4 is 17.5 Å². The van der Waals surface area contributed by atoms with Crippen molar-refractivity contribution in [2.45, 2.75) is 25.5 Å². The first-order valence-electron chi connectivity index (χ1n) is 6.34. The van der Waals surface area contributed by atoms with Gasteiger partial charge in [0.15, 0.2) is 0 Å². The van der Waals surface area contributed by atoms with E-state index in [-0.39, 0.29) is 12.0 Å². The third kappa shape index (κ3) is 3.26. The van der Waals surface area contributed by atoms with Crippen LogP contribution in [0.3, 0.4) is 0 Å². The van der Waals surface area contributed by atoms with E-state index in [0.717, 1.165) is 5.56 Å². The molecule has 0 spiro atoms. The number of hydrogen-bond donors (Lipinski definition) is 1. The van der Waals surface area contributed by atoms with Crippen LogP contribution in [-0.4, -0.2) is 36.0 Å². The average molecular weight is 283 g/mol. The Balaban J connectivity index is 2.14. The Morgan fingerprint density at radius 2 is 2.16 bits per heavy atom. The lowest BCUT2D eigenvalue weighted by atomic mass is 10.0. The van der Waals surface area contributed by atoms with Gasteiger partial charge in [0.2, 0.25) is 5.91 Å². The second-order valence-electron chi connectivity index (χ2n) is 5.35. The van der Waals surface area contributed by atoms with Gasteiger partial charge >= 0.3 is 0 Å². The molecule has 1 aliphatic rings. The Morgan fingerprint density at radius 3 is 2.79 bits per heavy atom. The minimum Gasteiger partial charge on any atom is -0.370 e. The molecule has 19 heavy (non-hydrogen) atoms. The fourth-order valence-electron chi connectivity index (χ4n) is 2.17. The smallest absolute Gasteiger partial charge is 0.242 e. The Kier molecular flexibility index (Phi) is 4.13. The monoisotopic (exact) mass is 282 g/mol. The van der Waals surface area contributed by atoms with Crippen LogP contribution in [0.15, 0.2) is 24.3 Å². The highest BCUT2D eigenvalue weighted by atomic mass is 35.5. The summed E-state index contributed by atoms with van der Waals surface area (Å²) >= 11 is 6.17. The van der Waals surface area contributed by atoms with E-state index in [2.05, 4.69) is 0 Å². The highest BCUT2D eigenvalue weighted by molar-refractivity contribution is 6.31. The van der Waals surface area contributed by atoms with Crippen molar-refractivity contribution in [2.24, 2.45) is 5.73 Å². The van der Waals surface area contributed by atoms with Crippen molar-refractivity contribution in [1.82, 2.24) is 4.90 Å². The van der Waals surface area contributed by atoms with E-state index >= 15 is 0 Å². The summed E-state index contributed by atoms with van der Waals surface area (Å²) < 4.78 is 5.72. The van der Waals surface area contributed by atoms with E-state index in [4.69, 9.17) is 22.1 Å². The SMILES string of the molecule is CC(C)(N)C(=O)N1CCOC(c2ccccc2Cl)C1. The molecular formula is C14H19ClN2O2. The molecule has 1 saturated heterocycles. The predicted octanol–water partition coefficient (Wildman–Crippen LogP) is 1.98. The van der Waals surface area contributed by atoms with Crippen molar-refractivity contribution in [3.05, 3.63) is 34.9 Å². The lowest BCUT2D eigenvalue weighted by Crippen LogP contribution is -2.54. The maximum Gasteiger partial charge on any atom is 0.242 e. The molecule has 0 bridgehead atoms. The molecule has 1 unspecified atom stereocenters. The summed E-state index contributed by atoms with van der Waals surface area (Å²) in [6.07, 6.45) is -0.186. The number of nitrogens with zero attached hydrogens (tertiary/aromatic N) is 1. The molecule has 2 N–H and O–H groups in total. The van der Waals surface area contributed by atoms with Gasteiger partial charge in [0.1, 0.15) is 6.10 Å². The number of morpholine rings is 1. The third-order valence-corrected chi connectivity index (χ3v) is 3.50. The fourth-order valence-corrected chi connectivity index (χ4v) is 2.42. The molecule has 4 nitrogen and oxygen atoms in total. The lowest BCUT2D eigenvalue weighted by molar-refractivity contribution is -0.143. The number of ether oxygens (including phenoxy) is 1. The Labute approximate surface area is 118 Å². The van der Waals surface area contributed by atoms with Gasteiger partial charge in [-0.05, 0) is 19.9 Å². The van der Waals surface area contributed by atoms with E-state index < -0.39 is 5.54 Å². The summed E-state index contributed by atoms with van der Waals surface area (Å²) in [5, 5.41) is 0.661. The molecular weight excluding hydrogens is 264 g/mol. The zero-order valence-electron chi connectivity index (χ0n) is 11.2. The lowest BCUT2D eigenvalue weighted by Gasteiger charge is -2.36. The van der Waals surface area contributed by atoms with Crippen LogP contribution >= 0.6 is 11.6 Å². The summed E-state index contributed by atoms with van der Waals surface area (Å²) in [6, 6.07) is 7.54. The molecule has 5 heteroatoms. The summed E-state index contributed by atoms with van der Waals surface area (Å²) in [6.45, 7) is 4.99. The Hall–Kier alpha value is -1.10. The van der Waals surface area contributed by atoms with Crippen molar-refractivity contribution in [3.63, 3.8) is 0 Å². The maximum atomic E-state index is 12.2. The second-order valence-corrected chi connectivity index (χ2v) is 5.76. The van der Waals surface area contributed by atoms with Gasteiger partial charge in [-0.2, -0.15) is 0 Å². The van der Waals surface area contributed by atoms with Crippen molar-refractivity contribution < 1.29 is 9.53 Å². The van der Waals surface area contributed by atoms with Crippen LogP contribution in [0.1, 0.15) is 25.5 Å². The normalized spacial score (nSPS) is 20.4. The van der Waals surface area contributed by atoms with Gasteiger partial charge in [0.05, 0.1) is 18.7 Å². The van der Waals surface area contributed by atoms with Gasteiger partial charge < -0.3 is 15.4 Å². The summed E-state index contributed by atoms with van der Waals surface area (Å²) in [7, 11) is 0. The van der Waals surface area contributed by atoms with Crippen LogP contribution in [0.2, 0.25) is 5.02 Å². The molecule has 2 rings (SSSR count). The molecule has 0 saturated carbocycles. The zero-order valence-corrected chi connectivity index (χ0v) is 12.0. The molecule has 104 valence electrons. The first-order chi connectivity index (χ1) is 8.89. The first-order valence-corrected chi connectivity index (χ1v) is 6.71. The van der Waals surface area contributed by atoms with Crippen LogP contribution in [0.4, 0.5) is 0 Å². The number of halogens is 1. The number of nitrogens with two attached hydrogens (primary N) is 1. The summed E-state index contributed by atoms with van der Waals surface area (Å²) in [5.74, 6) is -0.0622. The van der Waals surface area contributed by atoms with Gasteiger partial charge in [-0.25, -0.2) is 0 Å². The highest BCUT2D eigenvalue weighted by Crippen LogP contribution is 2.28. The van der Waals surface area contributed by atoms with Gasteiger partial charge in [0, 0.05) is 17.1 Å². The Bertz CT molecular complexity index is 471. The summed E-state index contributed by atoms with van der Waals surface area (Å²) in [5.41, 5.74) is 5.92. The number of amides is 1. The van der Waals surface area contributed by atoms with Crippen molar-refractivity contribution in [2.75, 3.05) is 19.7 Å². The van der Waals surface area contributed by atoms with E-state index in [9.17, 15) is 4.79 Å². The number of carbonyl (C=O) groups excluding carboxylic acids is 1. The van der Waals surface area contributed by atoms with Crippen LogP contribution in [0, 0.1) is 0 Å². The Morgan fingerprint density at radius 1 is 1.47 bits per heavy atom. The van der Waals surface area contributed by atoms with Gasteiger partial charge in [0.25, 0.3) is 0 Å².